The van der Waals surface area contributed by atoms with Crippen LogP contribution in [0.15, 0.2) is 18.2 Å². The first-order chi connectivity index (χ1) is 10.3. The standard InChI is InChI=1S/C14H19N3O4S/c1-11-9-12(3-4-13(11)15-22(2,20)21)14(19)17-7-5-16(10-18)6-8-17/h3-4,9-10,15H,5-8H2,1-2H3. The van der Waals surface area contributed by atoms with Gasteiger partial charge in [-0.15, -0.1) is 0 Å². The lowest BCUT2D eigenvalue weighted by Crippen LogP contribution is -2.48. The molecule has 0 atom stereocenters. The van der Waals surface area contributed by atoms with E-state index < -0.39 is 10.0 Å². The topological polar surface area (TPSA) is 86.8 Å². The zero-order valence-electron chi connectivity index (χ0n) is 12.6. The van der Waals surface area contributed by atoms with Crippen molar-refractivity contribution in [3.63, 3.8) is 0 Å². The molecule has 0 saturated carbocycles. The molecule has 22 heavy (non-hydrogen) atoms. The van der Waals surface area contributed by atoms with Crippen LogP contribution in [-0.2, 0) is 14.8 Å². The fourth-order valence-electron chi connectivity index (χ4n) is 2.32. The lowest BCUT2D eigenvalue weighted by atomic mass is 10.1. The highest BCUT2D eigenvalue weighted by atomic mass is 32.2. The van der Waals surface area contributed by atoms with E-state index in [1.807, 2.05) is 0 Å². The largest absolute Gasteiger partial charge is 0.342 e. The maximum Gasteiger partial charge on any atom is 0.253 e. The van der Waals surface area contributed by atoms with Crippen molar-refractivity contribution in [1.29, 1.82) is 0 Å². The van der Waals surface area contributed by atoms with Gasteiger partial charge < -0.3 is 9.80 Å². The summed E-state index contributed by atoms with van der Waals surface area (Å²) in [6.45, 7) is 3.80. The highest BCUT2D eigenvalue weighted by molar-refractivity contribution is 7.92. The third-order valence-electron chi connectivity index (χ3n) is 3.52. The Balaban J connectivity index is 2.11. The Morgan fingerprint density at radius 1 is 1.23 bits per heavy atom. The van der Waals surface area contributed by atoms with Crippen molar-refractivity contribution in [2.75, 3.05) is 37.2 Å². The molecule has 2 amide bonds. The molecule has 1 fully saturated rings. The number of amides is 2. The number of anilines is 1. The molecule has 1 N–H and O–H groups in total. The van der Waals surface area contributed by atoms with Crippen LogP contribution in [-0.4, -0.2) is 63.0 Å². The predicted octanol–water partition coefficient (Wildman–Crippen LogP) is 0.281. The Hall–Kier alpha value is -2.09. The lowest BCUT2D eigenvalue weighted by Gasteiger charge is -2.32. The van der Waals surface area contributed by atoms with Crippen LogP contribution in [0.3, 0.4) is 0 Å². The first-order valence-electron chi connectivity index (χ1n) is 6.87. The Morgan fingerprint density at radius 3 is 2.36 bits per heavy atom. The number of piperazine rings is 1. The number of carbonyl (C=O) groups excluding carboxylic acids is 2. The van der Waals surface area contributed by atoms with Crippen molar-refractivity contribution >= 4 is 28.0 Å². The third kappa shape index (κ3) is 3.97. The Labute approximate surface area is 129 Å². The van der Waals surface area contributed by atoms with E-state index in [9.17, 15) is 18.0 Å². The highest BCUT2D eigenvalue weighted by Gasteiger charge is 2.21. The van der Waals surface area contributed by atoms with E-state index in [1.165, 1.54) is 0 Å². The molecule has 2 rings (SSSR count). The van der Waals surface area contributed by atoms with Crippen molar-refractivity contribution in [1.82, 2.24) is 9.80 Å². The molecule has 1 saturated heterocycles. The number of hydrogen-bond acceptors (Lipinski definition) is 4. The Kier molecular flexibility index (Phi) is 4.70. The summed E-state index contributed by atoms with van der Waals surface area (Å²) < 4.78 is 24.9. The zero-order valence-corrected chi connectivity index (χ0v) is 13.4. The summed E-state index contributed by atoms with van der Waals surface area (Å²) in [4.78, 5) is 26.4. The number of nitrogens with one attached hydrogen (secondary N) is 1. The molecule has 0 bridgehead atoms. The SMILES string of the molecule is Cc1cc(C(=O)N2CCN(C=O)CC2)ccc1NS(C)(=O)=O. The minimum absolute atomic E-state index is 0.112. The van der Waals surface area contributed by atoms with Gasteiger partial charge in [0.25, 0.3) is 5.91 Å². The van der Waals surface area contributed by atoms with E-state index >= 15 is 0 Å². The minimum Gasteiger partial charge on any atom is -0.342 e. The second kappa shape index (κ2) is 6.35. The molecule has 1 heterocycles. The second-order valence-corrected chi connectivity index (χ2v) is 7.09. The quantitative estimate of drug-likeness (QED) is 0.806. The fraction of sp³-hybridized carbons (Fsp3) is 0.429. The third-order valence-corrected chi connectivity index (χ3v) is 4.11. The van der Waals surface area contributed by atoms with E-state index in [0.717, 1.165) is 12.7 Å². The number of sulfonamides is 1. The summed E-state index contributed by atoms with van der Waals surface area (Å²) in [5.74, 6) is -0.112. The van der Waals surface area contributed by atoms with Crippen LogP contribution < -0.4 is 4.72 Å². The smallest absolute Gasteiger partial charge is 0.253 e. The number of rotatable bonds is 4. The maximum absolute atomic E-state index is 12.4. The molecule has 0 aromatic heterocycles. The molecule has 0 aliphatic carbocycles. The summed E-state index contributed by atoms with van der Waals surface area (Å²) in [7, 11) is -3.35. The Morgan fingerprint density at radius 2 is 1.86 bits per heavy atom. The molecule has 8 heteroatoms. The Bertz CT molecular complexity index is 679. The summed E-state index contributed by atoms with van der Waals surface area (Å²) in [6, 6.07) is 4.86. The summed E-state index contributed by atoms with van der Waals surface area (Å²) in [6.07, 6.45) is 1.87. The molecular formula is C14H19N3O4S. The van der Waals surface area contributed by atoms with E-state index in [1.54, 1.807) is 34.9 Å². The van der Waals surface area contributed by atoms with Crippen LogP contribution in [0, 0.1) is 6.92 Å². The molecule has 1 aromatic rings. The zero-order chi connectivity index (χ0) is 16.3. The average molecular weight is 325 g/mol. The molecule has 1 aliphatic heterocycles. The number of hydrogen-bond donors (Lipinski definition) is 1. The normalized spacial score (nSPS) is 15.5. The van der Waals surface area contributed by atoms with Gasteiger partial charge in [-0.1, -0.05) is 0 Å². The van der Waals surface area contributed by atoms with Crippen LogP contribution >= 0.6 is 0 Å². The van der Waals surface area contributed by atoms with Gasteiger partial charge in [-0.2, -0.15) is 0 Å². The van der Waals surface area contributed by atoms with Gasteiger partial charge >= 0.3 is 0 Å². The van der Waals surface area contributed by atoms with E-state index in [4.69, 9.17) is 0 Å². The van der Waals surface area contributed by atoms with Crippen molar-refractivity contribution in [3.8, 4) is 0 Å². The van der Waals surface area contributed by atoms with Crippen LogP contribution in [0.1, 0.15) is 15.9 Å². The minimum atomic E-state index is -3.35. The molecule has 0 radical (unpaired) electrons. The summed E-state index contributed by atoms with van der Waals surface area (Å²) >= 11 is 0. The molecule has 0 spiro atoms. The predicted molar refractivity (Wildman–Crippen MR) is 83.2 cm³/mol. The molecule has 1 aliphatic rings. The second-order valence-electron chi connectivity index (χ2n) is 5.34. The van der Waals surface area contributed by atoms with Gasteiger partial charge in [0.15, 0.2) is 0 Å². The van der Waals surface area contributed by atoms with E-state index in [0.29, 0.717) is 43.0 Å². The first-order valence-corrected chi connectivity index (χ1v) is 8.76. The van der Waals surface area contributed by atoms with E-state index in [-0.39, 0.29) is 5.91 Å². The number of carbonyl (C=O) groups is 2. The fourth-order valence-corrected chi connectivity index (χ4v) is 2.95. The number of aryl methyl sites for hydroxylation is 1. The summed E-state index contributed by atoms with van der Waals surface area (Å²) in [5.41, 5.74) is 1.66. The van der Waals surface area contributed by atoms with Crippen LogP contribution in [0.2, 0.25) is 0 Å². The monoisotopic (exact) mass is 325 g/mol. The van der Waals surface area contributed by atoms with Gasteiger partial charge in [-0.3, -0.25) is 14.3 Å². The van der Waals surface area contributed by atoms with Crippen molar-refractivity contribution in [2.24, 2.45) is 0 Å². The van der Waals surface area contributed by atoms with Gasteiger partial charge in [-0.05, 0) is 30.7 Å². The van der Waals surface area contributed by atoms with Gasteiger partial charge in [0.1, 0.15) is 0 Å². The number of benzene rings is 1. The highest BCUT2D eigenvalue weighted by Crippen LogP contribution is 2.19. The molecule has 120 valence electrons. The van der Waals surface area contributed by atoms with Crippen LogP contribution in [0.5, 0.6) is 0 Å². The van der Waals surface area contributed by atoms with Crippen molar-refractivity contribution in [2.45, 2.75) is 6.92 Å². The van der Waals surface area contributed by atoms with Crippen molar-refractivity contribution in [3.05, 3.63) is 29.3 Å². The van der Waals surface area contributed by atoms with Gasteiger partial charge in [0.2, 0.25) is 16.4 Å². The van der Waals surface area contributed by atoms with Gasteiger partial charge in [0, 0.05) is 31.7 Å². The van der Waals surface area contributed by atoms with Crippen molar-refractivity contribution < 1.29 is 18.0 Å². The maximum atomic E-state index is 12.4. The molecular weight excluding hydrogens is 306 g/mol. The van der Waals surface area contributed by atoms with E-state index in [2.05, 4.69) is 4.72 Å². The lowest BCUT2D eigenvalue weighted by molar-refractivity contribution is -0.119. The molecule has 0 unspecified atom stereocenters. The average Bonchev–Trinajstić information content (AvgIpc) is 2.47. The number of nitrogens with zero attached hydrogens (tertiary/aromatic N) is 2. The van der Waals surface area contributed by atoms with Crippen LogP contribution in [0.4, 0.5) is 5.69 Å². The first kappa shape index (κ1) is 16.3. The molecule has 1 aromatic carbocycles. The molecule has 7 nitrogen and oxygen atoms in total. The summed E-state index contributed by atoms with van der Waals surface area (Å²) in [5, 5.41) is 0. The van der Waals surface area contributed by atoms with Crippen LogP contribution in [0.25, 0.3) is 0 Å². The van der Waals surface area contributed by atoms with Gasteiger partial charge in [0.05, 0.1) is 11.9 Å². The van der Waals surface area contributed by atoms with Gasteiger partial charge in [-0.25, -0.2) is 8.42 Å².